The third kappa shape index (κ3) is 1.34. The van der Waals surface area contributed by atoms with Gasteiger partial charge in [-0.25, -0.2) is 4.99 Å². The number of hydrogen-bond donors (Lipinski definition) is 2. The Morgan fingerprint density at radius 1 is 1.57 bits per heavy atom. The van der Waals surface area contributed by atoms with E-state index in [1.54, 1.807) is 6.21 Å². The molecule has 2 N–H and O–H groups in total. The van der Waals surface area contributed by atoms with Gasteiger partial charge < -0.3 is 0 Å². The smallest absolute Gasteiger partial charge is 0.259 e. The van der Waals surface area contributed by atoms with Crippen molar-refractivity contribution in [3.8, 4) is 0 Å². The van der Waals surface area contributed by atoms with Crippen molar-refractivity contribution in [2.45, 2.75) is 19.4 Å². The van der Waals surface area contributed by atoms with Crippen LogP contribution in [0.15, 0.2) is 15.0 Å². The lowest BCUT2D eigenvalue weighted by Crippen LogP contribution is -2.47. The lowest BCUT2D eigenvalue weighted by Gasteiger charge is -2.19. The van der Waals surface area contributed by atoms with E-state index in [1.165, 1.54) is 0 Å². The molecule has 0 saturated heterocycles. The number of carbonyl (C=O) groups excluding carboxylic acids is 1. The van der Waals surface area contributed by atoms with E-state index in [9.17, 15) is 4.79 Å². The van der Waals surface area contributed by atoms with Crippen molar-refractivity contribution in [2.24, 2.45) is 15.0 Å². The molecule has 0 aromatic carbocycles. The minimum atomic E-state index is -0.667. The Morgan fingerprint density at radius 2 is 2.36 bits per heavy atom. The van der Waals surface area contributed by atoms with Crippen LogP contribution in [-0.4, -0.2) is 35.7 Å². The molecule has 1 amide bonds. The lowest BCUT2D eigenvalue weighted by molar-refractivity contribution is -0.119. The van der Waals surface area contributed by atoms with Gasteiger partial charge in [0, 0.05) is 6.21 Å². The van der Waals surface area contributed by atoms with Crippen LogP contribution in [0.4, 0.5) is 0 Å². The molecule has 2 aliphatic rings. The molecule has 0 saturated carbocycles. The third-order valence-corrected chi connectivity index (χ3v) is 1.95. The molecule has 2 aliphatic heterocycles. The molecule has 0 fully saturated rings. The number of amides is 1. The first-order valence-electron chi connectivity index (χ1n) is 4.29. The van der Waals surface area contributed by atoms with E-state index >= 15 is 0 Å². The van der Waals surface area contributed by atoms with E-state index in [2.05, 4.69) is 20.3 Å². The number of aliphatic imine (C=N–C) groups is 3. The number of amidine groups is 1. The van der Waals surface area contributed by atoms with Crippen LogP contribution in [0.5, 0.6) is 0 Å². The van der Waals surface area contributed by atoms with Gasteiger partial charge in [-0.3, -0.25) is 20.5 Å². The molecule has 6 nitrogen and oxygen atoms in total. The molecule has 1 atom stereocenters. The fourth-order valence-electron chi connectivity index (χ4n) is 1.23. The van der Waals surface area contributed by atoms with E-state index in [1.807, 2.05) is 6.92 Å². The van der Waals surface area contributed by atoms with Gasteiger partial charge >= 0.3 is 0 Å². The van der Waals surface area contributed by atoms with Crippen molar-refractivity contribution >= 4 is 29.6 Å². The number of guanidine groups is 1. The molecule has 0 aliphatic carbocycles. The fraction of sp³-hybridized carbons (Fsp3) is 0.375. The molecule has 0 aromatic rings. The Balaban J connectivity index is 2.39. The van der Waals surface area contributed by atoms with E-state index in [0.29, 0.717) is 5.84 Å². The average Bonchev–Trinajstić information content (AvgIpc) is 2.16. The predicted molar refractivity (Wildman–Crippen MR) is 53.3 cm³/mol. The second-order valence-corrected chi connectivity index (χ2v) is 2.95. The van der Waals surface area contributed by atoms with E-state index < -0.39 is 6.04 Å². The number of hydrogen-bond acceptors (Lipinski definition) is 4. The average molecular weight is 191 g/mol. The van der Waals surface area contributed by atoms with Gasteiger partial charge in [-0.15, -0.1) is 0 Å². The Kier molecular flexibility index (Phi) is 1.95. The molecule has 2 heterocycles. The Morgan fingerprint density at radius 3 is 3.07 bits per heavy atom. The maximum absolute atomic E-state index is 11.3. The van der Waals surface area contributed by atoms with Gasteiger partial charge in [0.15, 0.2) is 11.9 Å². The van der Waals surface area contributed by atoms with Gasteiger partial charge in [0.25, 0.3) is 5.91 Å². The summed E-state index contributed by atoms with van der Waals surface area (Å²) in [6, 6.07) is -0.667. The first kappa shape index (κ1) is 8.74. The second kappa shape index (κ2) is 3.13. The van der Waals surface area contributed by atoms with Crippen LogP contribution in [0, 0.1) is 5.41 Å². The first-order valence-corrected chi connectivity index (χ1v) is 4.29. The molecule has 2 rings (SSSR count). The van der Waals surface area contributed by atoms with E-state index in [0.717, 1.165) is 12.1 Å². The van der Waals surface area contributed by atoms with Crippen LogP contribution < -0.4 is 5.32 Å². The zero-order valence-corrected chi connectivity index (χ0v) is 7.61. The van der Waals surface area contributed by atoms with Gasteiger partial charge in [0.2, 0.25) is 5.96 Å². The highest BCUT2D eigenvalue weighted by atomic mass is 16.2. The summed E-state index contributed by atoms with van der Waals surface area (Å²) in [4.78, 5) is 23.3. The van der Waals surface area contributed by atoms with Gasteiger partial charge in [-0.2, -0.15) is 4.99 Å². The van der Waals surface area contributed by atoms with Crippen molar-refractivity contribution in [1.29, 1.82) is 5.41 Å². The van der Waals surface area contributed by atoms with Crippen molar-refractivity contribution < 1.29 is 4.79 Å². The molecule has 72 valence electrons. The molecule has 6 heteroatoms. The molecule has 0 spiro atoms. The summed E-state index contributed by atoms with van der Waals surface area (Å²) < 4.78 is 0. The Bertz CT molecular complexity index is 393. The van der Waals surface area contributed by atoms with Crippen molar-refractivity contribution in [3.05, 3.63) is 0 Å². The van der Waals surface area contributed by atoms with Crippen LogP contribution >= 0.6 is 0 Å². The van der Waals surface area contributed by atoms with Crippen LogP contribution in [0.1, 0.15) is 13.3 Å². The van der Waals surface area contributed by atoms with Crippen LogP contribution in [0.3, 0.4) is 0 Å². The number of carbonyl (C=O) groups is 1. The molecule has 1 unspecified atom stereocenters. The summed E-state index contributed by atoms with van der Waals surface area (Å²) >= 11 is 0. The number of nitrogens with one attached hydrogen (secondary N) is 2. The fourth-order valence-corrected chi connectivity index (χ4v) is 1.23. The largest absolute Gasteiger partial charge is 0.293 e. The molecular weight excluding hydrogens is 182 g/mol. The molecule has 0 bridgehead atoms. The highest BCUT2D eigenvalue weighted by Crippen LogP contribution is 2.08. The summed E-state index contributed by atoms with van der Waals surface area (Å²) in [5, 5.41) is 9.51. The summed E-state index contributed by atoms with van der Waals surface area (Å²) in [5.74, 6) is -0.189. The topological polar surface area (TPSA) is 90.0 Å². The number of nitrogens with zero attached hydrogens (tertiary/aromatic N) is 3. The lowest BCUT2D eigenvalue weighted by atomic mass is 10.2. The van der Waals surface area contributed by atoms with E-state index in [-0.39, 0.29) is 11.9 Å². The maximum Gasteiger partial charge on any atom is 0.259 e. The SMILES string of the molecule is CCC1=NC2=NC(=N)NC(=O)C2N=C1. The third-order valence-electron chi connectivity index (χ3n) is 1.95. The monoisotopic (exact) mass is 191 g/mol. The highest BCUT2D eigenvalue weighted by molar-refractivity contribution is 6.37. The normalized spacial score (nSPS) is 25.1. The first-order chi connectivity index (χ1) is 6.70. The second-order valence-electron chi connectivity index (χ2n) is 2.95. The minimum absolute atomic E-state index is 0.169. The van der Waals surface area contributed by atoms with Crippen molar-refractivity contribution in [1.82, 2.24) is 5.32 Å². The summed E-state index contributed by atoms with van der Waals surface area (Å²) in [5.41, 5.74) is 0.780. The summed E-state index contributed by atoms with van der Waals surface area (Å²) in [6.45, 7) is 1.94. The summed E-state index contributed by atoms with van der Waals surface area (Å²) in [6.07, 6.45) is 2.32. The van der Waals surface area contributed by atoms with Crippen LogP contribution in [-0.2, 0) is 4.79 Å². The standard InChI is InChI=1S/C8H9N5O/c1-2-4-3-10-5-6(11-4)12-8(9)13-7(5)14/h3,5H,2H2,1H3,(H2,9,13,14). The molecule has 0 aromatic heterocycles. The number of fused-ring (bicyclic) bond motifs is 1. The van der Waals surface area contributed by atoms with Gasteiger partial charge in [0.05, 0.1) is 5.71 Å². The van der Waals surface area contributed by atoms with Gasteiger partial charge in [-0.05, 0) is 6.42 Å². The maximum atomic E-state index is 11.3. The Hall–Kier alpha value is -1.85. The van der Waals surface area contributed by atoms with Crippen molar-refractivity contribution in [3.63, 3.8) is 0 Å². The zero-order valence-electron chi connectivity index (χ0n) is 7.61. The zero-order chi connectivity index (χ0) is 10.1. The quantitative estimate of drug-likeness (QED) is 0.588. The van der Waals surface area contributed by atoms with Crippen molar-refractivity contribution in [2.75, 3.05) is 0 Å². The number of rotatable bonds is 1. The molecular formula is C8H9N5O. The van der Waals surface area contributed by atoms with Crippen LogP contribution in [0.2, 0.25) is 0 Å². The molecule has 0 radical (unpaired) electrons. The summed E-state index contributed by atoms with van der Waals surface area (Å²) in [7, 11) is 0. The molecule has 14 heavy (non-hydrogen) atoms. The van der Waals surface area contributed by atoms with Crippen LogP contribution in [0.25, 0.3) is 0 Å². The minimum Gasteiger partial charge on any atom is -0.293 e. The van der Waals surface area contributed by atoms with Gasteiger partial charge in [-0.1, -0.05) is 6.92 Å². The highest BCUT2D eigenvalue weighted by Gasteiger charge is 2.30. The van der Waals surface area contributed by atoms with Gasteiger partial charge in [0.1, 0.15) is 0 Å². The predicted octanol–water partition coefficient (Wildman–Crippen LogP) is -0.247. The van der Waals surface area contributed by atoms with E-state index in [4.69, 9.17) is 5.41 Å². The Labute approximate surface area is 80.4 Å².